The molecule has 0 fully saturated rings. The van der Waals surface area contributed by atoms with Gasteiger partial charge in [-0.15, -0.1) is 18.5 Å². The second-order valence-corrected chi connectivity index (χ2v) is 8.69. The molecule has 0 aromatic heterocycles. The number of carbonyl (C=O) groups is 1. The van der Waals surface area contributed by atoms with Crippen molar-refractivity contribution in [1.29, 1.82) is 0 Å². The van der Waals surface area contributed by atoms with Gasteiger partial charge in [0.2, 0.25) is 0 Å². The number of benzene rings is 3. The highest BCUT2D eigenvalue weighted by molar-refractivity contribution is 7.80. The topological polar surface area (TPSA) is 103 Å². The monoisotopic (exact) mass is 592 g/mol. The van der Waals surface area contributed by atoms with Crippen molar-refractivity contribution >= 4 is 30.3 Å². The lowest BCUT2D eigenvalue weighted by molar-refractivity contribution is -0.386. The van der Waals surface area contributed by atoms with Crippen molar-refractivity contribution in [2.75, 3.05) is 0 Å². The molecule has 0 atom stereocenters. The second-order valence-electron chi connectivity index (χ2n) is 8.21. The number of hydrogen-bond donors (Lipinski definition) is 1. The van der Waals surface area contributed by atoms with Gasteiger partial charge in [-0.05, 0) is 75.7 Å². The number of nitro benzene ring substituents is 2. The van der Waals surface area contributed by atoms with Crippen LogP contribution in [0.4, 0.5) is 11.4 Å². The summed E-state index contributed by atoms with van der Waals surface area (Å²) in [6, 6.07) is 14.3. The van der Waals surface area contributed by atoms with Gasteiger partial charge < -0.3 is 4.79 Å². The molecule has 8 heteroatoms. The van der Waals surface area contributed by atoms with E-state index in [4.69, 9.17) is 4.79 Å². The molecule has 3 aromatic rings. The fraction of sp³-hybridized carbons (Fsp3) is 0.171. The molecule has 0 radical (unpaired) electrons. The minimum absolute atomic E-state index is 0.118. The van der Waals surface area contributed by atoms with E-state index in [2.05, 4.69) is 48.2 Å². The molecule has 3 aromatic carbocycles. The summed E-state index contributed by atoms with van der Waals surface area (Å²) in [7, 11) is 0. The van der Waals surface area contributed by atoms with E-state index in [1.54, 1.807) is 31.2 Å². The molecule has 0 aliphatic carbocycles. The van der Waals surface area contributed by atoms with Crippen LogP contribution in [0.15, 0.2) is 83.3 Å². The Morgan fingerprint density at radius 1 is 0.814 bits per heavy atom. The molecule has 0 aliphatic heterocycles. The third kappa shape index (κ3) is 11.2. The van der Waals surface area contributed by atoms with Crippen LogP contribution in [0.3, 0.4) is 0 Å². The van der Waals surface area contributed by atoms with Crippen LogP contribution in [0.25, 0.3) is 11.1 Å². The zero-order chi connectivity index (χ0) is 32.4. The molecule has 0 saturated carbocycles. The maximum absolute atomic E-state index is 11.9. The molecule has 0 bridgehead atoms. The Labute approximate surface area is 258 Å². The van der Waals surface area contributed by atoms with Crippen molar-refractivity contribution in [3.63, 3.8) is 0 Å². The van der Waals surface area contributed by atoms with Gasteiger partial charge in [0.15, 0.2) is 0 Å². The van der Waals surface area contributed by atoms with Crippen molar-refractivity contribution < 1.29 is 14.6 Å². The number of hydrogen-bond acceptors (Lipinski definition) is 6. The van der Waals surface area contributed by atoms with Crippen LogP contribution in [0.1, 0.15) is 56.9 Å². The molecule has 0 N–H and O–H groups in total. The summed E-state index contributed by atoms with van der Waals surface area (Å²) in [5, 5.41) is 23.8. The molecular formula is C35H32N2O5S. The van der Waals surface area contributed by atoms with Crippen LogP contribution in [0.2, 0.25) is 0 Å². The average molecular weight is 593 g/mol. The van der Waals surface area contributed by atoms with Crippen LogP contribution >= 0.6 is 12.6 Å². The van der Waals surface area contributed by atoms with Gasteiger partial charge in [0.25, 0.3) is 11.4 Å². The number of rotatable bonds is 4. The summed E-state index contributed by atoms with van der Waals surface area (Å²) in [4.78, 5) is 32.3. The first-order valence-corrected chi connectivity index (χ1v) is 13.7. The van der Waals surface area contributed by atoms with Crippen molar-refractivity contribution in [1.82, 2.24) is 0 Å². The summed E-state index contributed by atoms with van der Waals surface area (Å²) >= 11 is 4.35. The number of aldehydes is 1. The Kier molecular flexibility index (Phi) is 15.7. The molecule has 0 saturated heterocycles. The van der Waals surface area contributed by atoms with E-state index in [1.807, 2.05) is 52.0 Å². The molecule has 3 rings (SSSR count). The Balaban J connectivity index is 0.00000174. The van der Waals surface area contributed by atoms with Crippen molar-refractivity contribution in [2.24, 2.45) is 0 Å². The van der Waals surface area contributed by atoms with Crippen LogP contribution in [0, 0.1) is 62.7 Å². The van der Waals surface area contributed by atoms with Crippen molar-refractivity contribution in [2.45, 2.75) is 46.4 Å². The number of aryl methyl sites for hydroxylation is 1. The largest absolute Gasteiger partial charge is 0.304 e. The lowest BCUT2D eigenvalue weighted by atomic mass is 9.98. The molecule has 7 nitrogen and oxygen atoms in total. The smallest absolute Gasteiger partial charge is 0.278 e. The summed E-state index contributed by atoms with van der Waals surface area (Å²) < 4.78 is 0. The van der Waals surface area contributed by atoms with E-state index < -0.39 is 9.85 Å². The van der Waals surface area contributed by atoms with Gasteiger partial charge in [-0.3, -0.25) is 20.2 Å². The molecular weight excluding hydrogens is 560 g/mol. The Morgan fingerprint density at radius 2 is 1.28 bits per heavy atom. The van der Waals surface area contributed by atoms with Crippen LogP contribution < -0.4 is 0 Å². The van der Waals surface area contributed by atoms with E-state index in [0.717, 1.165) is 22.3 Å². The summed E-state index contributed by atoms with van der Waals surface area (Å²) in [5.41, 5.74) is 2.84. The lowest BCUT2D eigenvalue weighted by Gasteiger charge is -2.06. The van der Waals surface area contributed by atoms with Crippen LogP contribution in [-0.2, 0) is 4.79 Å². The van der Waals surface area contributed by atoms with Gasteiger partial charge in [-0.2, -0.15) is 0 Å². The number of thiol groups is 1. The molecule has 0 spiro atoms. The van der Waals surface area contributed by atoms with E-state index >= 15 is 0 Å². The molecule has 0 unspecified atom stereocenters. The second kappa shape index (κ2) is 18.9. The maximum atomic E-state index is 11.9. The zero-order valence-corrected chi connectivity index (χ0v) is 25.8. The van der Waals surface area contributed by atoms with Crippen molar-refractivity contribution in [3.05, 3.63) is 121 Å². The summed E-state index contributed by atoms with van der Waals surface area (Å²) in [6.45, 7) is 10.9. The standard InChI is InChI=1S/C31H22N2O4S.C2H4O.C2H6/c1-4-6-8-23(7-5-2)9-10-25-13-16-27(29(20-25)32(34)35)28-17-14-26(21-30(28)33(36)37)12-11-24-15-18-31(38)22(3)19-24;1-2-3;1-2/h5,7-8,13-21,38H,1-3H3;2H,1H3;1-2H3/b7-5-,23-8+;;. The highest BCUT2D eigenvalue weighted by Crippen LogP contribution is 2.37. The average Bonchev–Trinajstić information content (AvgIpc) is 3.00. The van der Waals surface area contributed by atoms with E-state index in [0.29, 0.717) is 16.7 Å². The van der Waals surface area contributed by atoms with Gasteiger partial charge in [0.1, 0.15) is 6.29 Å². The van der Waals surface area contributed by atoms with E-state index in [9.17, 15) is 20.2 Å². The number of nitro groups is 2. The third-order valence-electron chi connectivity index (χ3n) is 5.30. The minimum Gasteiger partial charge on any atom is -0.304 e. The highest BCUT2D eigenvalue weighted by Gasteiger charge is 2.23. The van der Waals surface area contributed by atoms with E-state index in [-0.39, 0.29) is 22.5 Å². The van der Waals surface area contributed by atoms with Crippen molar-refractivity contribution in [3.8, 4) is 46.6 Å². The Hall–Kier alpha value is -5.36. The first-order valence-electron chi connectivity index (χ1n) is 13.2. The predicted octanol–water partition coefficient (Wildman–Crippen LogP) is 8.28. The number of allylic oxidation sites excluding steroid dienone is 4. The van der Waals surface area contributed by atoms with Crippen LogP contribution in [0.5, 0.6) is 0 Å². The van der Waals surface area contributed by atoms with E-state index in [1.165, 1.54) is 31.2 Å². The zero-order valence-electron chi connectivity index (χ0n) is 24.9. The quantitative estimate of drug-likeness (QED) is 0.0820. The van der Waals surface area contributed by atoms with Gasteiger partial charge >= 0.3 is 0 Å². The third-order valence-corrected chi connectivity index (χ3v) is 5.80. The Bertz CT molecular complexity index is 1740. The Morgan fingerprint density at radius 3 is 1.72 bits per heavy atom. The summed E-state index contributed by atoms with van der Waals surface area (Å²) in [6.07, 6.45) is 6.00. The fourth-order valence-electron chi connectivity index (χ4n) is 3.45. The highest BCUT2D eigenvalue weighted by atomic mass is 32.1. The SMILES string of the molecule is CC.CC#C/C=C(C#Cc1ccc(-c2ccc(C#Cc3ccc(S)c(C)c3)cc2[N+](=O)[O-])c([N+](=O)[O-])c1)\C=C/C.CC=O. The number of nitrogens with zero attached hydrogens (tertiary/aromatic N) is 2. The van der Waals surface area contributed by atoms with Gasteiger partial charge in [0.05, 0.1) is 21.0 Å². The summed E-state index contributed by atoms with van der Waals surface area (Å²) in [5.74, 6) is 17.3. The molecule has 0 aliphatic rings. The number of carbonyl (C=O) groups excluding carboxylic acids is 1. The normalized spacial score (nSPS) is 9.70. The van der Waals surface area contributed by atoms with Gasteiger partial charge in [-0.1, -0.05) is 55.6 Å². The fourth-order valence-corrected chi connectivity index (χ4v) is 3.59. The van der Waals surface area contributed by atoms with Crippen LogP contribution in [-0.4, -0.2) is 16.1 Å². The molecule has 0 amide bonds. The first kappa shape index (κ1) is 35.7. The predicted molar refractivity (Wildman–Crippen MR) is 176 cm³/mol. The molecule has 0 heterocycles. The maximum Gasteiger partial charge on any atom is 0.278 e. The van der Waals surface area contributed by atoms with Gasteiger partial charge in [0, 0.05) is 45.4 Å². The van der Waals surface area contributed by atoms with Gasteiger partial charge in [-0.25, -0.2) is 0 Å². The molecule has 43 heavy (non-hydrogen) atoms. The first-order chi connectivity index (χ1) is 20.6. The minimum atomic E-state index is -0.573. The lowest BCUT2D eigenvalue weighted by Crippen LogP contribution is -1.97. The molecule has 218 valence electrons.